The smallest absolute Gasteiger partial charge is 0.334 e. The van der Waals surface area contributed by atoms with Crippen LogP contribution in [0.1, 0.15) is 38.5 Å². The highest BCUT2D eigenvalue weighted by Crippen LogP contribution is 2.68. The molecule has 0 unspecified atom stereocenters. The van der Waals surface area contributed by atoms with Crippen LogP contribution in [0.3, 0.4) is 0 Å². The van der Waals surface area contributed by atoms with Gasteiger partial charge in [-0.25, -0.2) is 9.59 Å². The second-order valence-corrected chi connectivity index (χ2v) is 6.28. The zero-order chi connectivity index (χ0) is 14.5. The first kappa shape index (κ1) is 13.3. The predicted molar refractivity (Wildman–Crippen MR) is 68.8 cm³/mol. The van der Waals surface area contributed by atoms with Gasteiger partial charge in [0.2, 0.25) is 0 Å². The van der Waals surface area contributed by atoms with Crippen molar-refractivity contribution in [3.05, 3.63) is 11.1 Å². The first-order valence-corrected chi connectivity index (χ1v) is 7.04. The molecule has 5 heteroatoms. The third-order valence-corrected chi connectivity index (χ3v) is 5.60. The number of methoxy groups -OCH3 is 1. The van der Waals surface area contributed by atoms with E-state index in [1.165, 1.54) is 7.11 Å². The van der Waals surface area contributed by atoms with Crippen molar-refractivity contribution in [2.45, 2.75) is 38.5 Å². The van der Waals surface area contributed by atoms with Gasteiger partial charge in [0.1, 0.15) is 6.29 Å². The van der Waals surface area contributed by atoms with E-state index in [-0.39, 0.29) is 11.1 Å². The Bertz CT molecular complexity index is 534. The lowest BCUT2D eigenvalue weighted by Gasteiger charge is -2.40. The van der Waals surface area contributed by atoms with Gasteiger partial charge in [0.05, 0.1) is 23.7 Å². The fraction of sp³-hybridized carbons (Fsp3) is 0.667. The maximum atomic E-state index is 12.2. The molecule has 2 saturated carbocycles. The molecular weight excluding hydrogens is 260 g/mol. The van der Waals surface area contributed by atoms with Gasteiger partial charge in [-0.3, -0.25) is 0 Å². The van der Waals surface area contributed by atoms with Crippen LogP contribution in [0.2, 0.25) is 0 Å². The number of ether oxygens (including phenoxy) is 1. The zero-order valence-electron chi connectivity index (χ0n) is 11.5. The lowest BCUT2D eigenvalue weighted by atomic mass is 9.62. The summed E-state index contributed by atoms with van der Waals surface area (Å²) in [6.07, 6.45) is 5.34. The molecule has 0 aromatic rings. The second kappa shape index (κ2) is 4.17. The number of carboxylic acid groups (broad SMARTS) is 1. The third-order valence-electron chi connectivity index (χ3n) is 5.60. The van der Waals surface area contributed by atoms with Crippen LogP contribution in [-0.4, -0.2) is 30.4 Å². The van der Waals surface area contributed by atoms with Crippen LogP contribution in [0.15, 0.2) is 11.1 Å². The van der Waals surface area contributed by atoms with Gasteiger partial charge in [-0.1, -0.05) is 6.42 Å². The number of carboxylic acids is 1. The highest BCUT2D eigenvalue weighted by atomic mass is 16.5. The molecule has 1 spiro atoms. The zero-order valence-corrected chi connectivity index (χ0v) is 11.5. The molecule has 2 fully saturated rings. The third kappa shape index (κ3) is 1.41. The molecule has 0 amide bonds. The molecule has 3 aliphatic carbocycles. The minimum atomic E-state index is -1.15. The van der Waals surface area contributed by atoms with Crippen LogP contribution in [0.4, 0.5) is 0 Å². The molecule has 20 heavy (non-hydrogen) atoms. The second-order valence-electron chi connectivity index (χ2n) is 6.28. The van der Waals surface area contributed by atoms with Crippen LogP contribution in [0.5, 0.6) is 0 Å². The molecule has 1 N–H and O–H groups in total. The molecule has 0 aromatic heterocycles. The quantitative estimate of drug-likeness (QED) is 0.628. The average molecular weight is 278 g/mol. The molecule has 0 saturated heterocycles. The van der Waals surface area contributed by atoms with E-state index in [0.29, 0.717) is 18.8 Å². The highest BCUT2D eigenvalue weighted by Gasteiger charge is 2.65. The van der Waals surface area contributed by atoms with Crippen LogP contribution in [0.25, 0.3) is 0 Å². The van der Waals surface area contributed by atoms with Gasteiger partial charge in [0.25, 0.3) is 0 Å². The minimum Gasteiger partial charge on any atom is -0.478 e. The number of hydrogen-bond donors (Lipinski definition) is 1. The van der Waals surface area contributed by atoms with E-state index in [4.69, 9.17) is 4.74 Å². The summed E-state index contributed by atoms with van der Waals surface area (Å²) in [5.41, 5.74) is -1.15. The molecule has 3 aliphatic rings. The van der Waals surface area contributed by atoms with Gasteiger partial charge in [-0.05, 0) is 38.0 Å². The summed E-state index contributed by atoms with van der Waals surface area (Å²) in [6.45, 7) is 0. The van der Waals surface area contributed by atoms with Gasteiger partial charge in [0.15, 0.2) is 0 Å². The summed E-state index contributed by atoms with van der Waals surface area (Å²) in [5.74, 6) is -1.41. The Morgan fingerprint density at radius 2 is 2.05 bits per heavy atom. The molecule has 0 aliphatic heterocycles. The van der Waals surface area contributed by atoms with Crippen molar-refractivity contribution in [3.8, 4) is 0 Å². The number of aliphatic carboxylic acids is 1. The van der Waals surface area contributed by atoms with E-state index >= 15 is 0 Å². The van der Waals surface area contributed by atoms with Crippen LogP contribution in [0, 0.1) is 16.7 Å². The van der Waals surface area contributed by atoms with E-state index in [1.54, 1.807) is 0 Å². The molecule has 3 rings (SSSR count). The number of aldehydes is 1. The molecule has 5 nitrogen and oxygen atoms in total. The Labute approximate surface area is 117 Å². The van der Waals surface area contributed by atoms with Crippen molar-refractivity contribution in [1.82, 2.24) is 0 Å². The molecule has 3 atom stereocenters. The Balaban J connectivity index is 2.27. The van der Waals surface area contributed by atoms with E-state index in [0.717, 1.165) is 32.0 Å². The number of rotatable bonds is 3. The maximum Gasteiger partial charge on any atom is 0.334 e. The molecule has 0 heterocycles. The van der Waals surface area contributed by atoms with Crippen LogP contribution < -0.4 is 0 Å². The van der Waals surface area contributed by atoms with Gasteiger partial charge < -0.3 is 14.6 Å². The van der Waals surface area contributed by atoms with Gasteiger partial charge >= 0.3 is 11.9 Å². The summed E-state index contributed by atoms with van der Waals surface area (Å²) in [4.78, 5) is 35.6. The Kier molecular flexibility index (Phi) is 2.78. The minimum absolute atomic E-state index is 0.00347. The predicted octanol–water partition coefficient (Wildman–Crippen LogP) is 1.71. The summed E-state index contributed by atoms with van der Waals surface area (Å²) >= 11 is 0. The summed E-state index contributed by atoms with van der Waals surface area (Å²) in [7, 11) is 1.27. The maximum absolute atomic E-state index is 12.2. The first-order chi connectivity index (χ1) is 9.50. The molecular formula is C15H18O5. The first-order valence-electron chi connectivity index (χ1n) is 7.04. The van der Waals surface area contributed by atoms with Crippen molar-refractivity contribution in [1.29, 1.82) is 0 Å². The van der Waals surface area contributed by atoms with E-state index in [2.05, 4.69) is 0 Å². The van der Waals surface area contributed by atoms with Crippen LogP contribution >= 0.6 is 0 Å². The van der Waals surface area contributed by atoms with Crippen molar-refractivity contribution in [2.24, 2.45) is 16.7 Å². The Morgan fingerprint density at radius 3 is 2.65 bits per heavy atom. The fourth-order valence-corrected chi connectivity index (χ4v) is 4.90. The SMILES string of the molecule is COC(=O)C1=C(C(=O)O)[C@]2(C=O)CC[C@@H]3CCC[C@]13C2. The normalized spacial score (nSPS) is 38.5. The number of hydrogen-bond acceptors (Lipinski definition) is 4. The Hall–Kier alpha value is -1.65. The standard InChI is InChI=1S/C15H18O5/c1-20-13(19)11-10(12(17)18)14(8-16)6-4-9-3-2-5-15(9,11)7-14/h8-9H,2-7H2,1H3,(H,17,18)/t9-,14+,15+/m0/s1. The number of carbonyl (C=O) groups excluding carboxylic acids is 2. The van der Waals surface area contributed by atoms with Gasteiger partial charge in [0, 0.05) is 5.41 Å². The van der Waals surface area contributed by atoms with Crippen molar-refractivity contribution < 1.29 is 24.2 Å². The number of esters is 1. The van der Waals surface area contributed by atoms with Crippen molar-refractivity contribution in [3.63, 3.8) is 0 Å². The monoisotopic (exact) mass is 278 g/mol. The topological polar surface area (TPSA) is 80.7 Å². The number of carbonyl (C=O) groups is 3. The summed E-state index contributed by atoms with van der Waals surface area (Å²) in [6, 6.07) is 0. The summed E-state index contributed by atoms with van der Waals surface area (Å²) < 4.78 is 4.84. The lowest BCUT2D eigenvalue weighted by molar-refractivity contribution is -0.139. The largest absolute Gasteiger partial charge is 0.478 e. The van der Waals surface area contributed by atoms with Crippen molar-refractivity contribution in [2.75, 3.05) is 7.11 Å². The lowest BCUT2D eigenvalue weighted by Crippen LogP contribution is -2.37. The molecule has 108 valence electrons. The van der Waals surface area contributed by atoms with Gasteiger partial charge in [-0.2, -0.15) is 0 Å². The highest BCUT2D eigenvalue weighted by molar-refractivity contribution is 6.06. The van der Waals surface area contributed by atoms with E-state index in [9.17, 15) is 19.5 Å². The van der Waals surface area contributed by atoms with Gasteiger partial charge in [-0.15, -0.1) is 0 Å². The summed E-state index contributed by atoms with van der Waals surface area (Å²) in [5, 5.41) is 9.56. The van der Waals surface area contributed by atoms with E-state index < -0.39 is 22.8 Å². The average Bonchev–Trinajstić information content (AvgIpc) is 2.96. The molecule has 2 bridgehead atoms. The molecule has 0 aromatic carbocycles. The molecule has 0 radical (unpaired) electrons. The van der Waals surface area contributed by atoms with Crippen molar-refractivity contribution >= 4 is 18.2 Å². The fourth-order valence-electron chi connectivity index (χ4n) is 4.90. The van der Waals surface area contributed by atoms with Crippen LogP contribution in [-0.2, 0) is 19.1 Å². The Morgan fingerprint density at radius 1 is 1.30 bits per heavy atom. The van der Waals surface area contributed by atoms with E-state index in [1.807, 2.05) is 0 Å². The number of fused-ring (bicyclic) bond motifs is 1.